The highest BCUT2D eigenvalue weighted by Gasteiger charge is 2.34. The molecule has 4 nitrogen and oxygen atoms in total. The molecule has 116 valence electrons. The van der Waals surface area contributed by atoms with Crippen molar-refractivity contribution in [1.82, 2.24) is 10.6 Å². The van der Waals surface area contributed by atoms with Crippen molar-refractivity contribution in [3.63, 3.8) is 0 Å². The van der Waals surface area contributed by atoms with Crippen LogP contribution in [0.4, 0.5) is 4.79 Å². The molecule has 1 aromatic carbocycles. The zero-order chi connectivity index (χ0) is 15.5. The first-order chi connectivity index (χ1) is 9.97. The monoisotopic (exact) mass is 290 g/mol. The van der Waals surface area contributed by atoms with Gasteiger partial charge in [0.1, 0.15) is 0 Å². The molecule has 21 heavy (non-hydrogen) atoms. The first kappa shape index (κ1) is 15.8. The molecule has 0 aliphatic heterocycles. The van der Waals surface area contributed by atoms with E-state index in [9.17, 15) is 9.90 Å². The van der Waals surface area contributed by atoms with Crippen LogP contribution in [0.1, 0.15) is 55.3 Å². The van der Waals surface area contributed by atoms with E-state index in [1.54, 1.807) is 0 Å². The average molecular weight is 290 g/mol. The summed E-state index contributed by atoms with van der Waals surface area (Å²) in [5.41, 5.74) is 3.15. The molecular weight excluding hydrogens is 264 g/mol. The normalized spacial score (nSPS) is 18.3. The number of hydrogen-bond donors (Lipinski definition) is 3. The van der Waals surface area contributed by atoms with E-state index in [0.29, 0.717) is 0 Å². The molecule has 0 bridgehead atoms. The fraction of sp³-hybridized carbons (Fsp3) is 0.588. The summed E-state index contributed by atoms with van der Waals surface area (Å²) < 4.78 is 0. The van der Waals surface area contributed by atoms with Crippen LogP contribution in [0.15, 0.2) is 18.2 Å². The zero-order valence-corrected chi connectivity index (χ0v) is 13.2. The van der Waals surface area contributed by atoms with E-state index in [1.807, 2.05) is 19.1 Å². The van der Waals surface area contributed by atoms with E-state index in [0.717, 1.165) is 31.2 Å². The summed E-state index contributed by atoms with van der Waals surface area (Å²) in [6.45, 7) is 6.15. The van der Waals surface area contributed by atoms with Gasteiger partial charge in [0, 0.05) is 0 Å². The molecular formula is C17H26N2O2. The Morgan fingerprint density at radius 1 is 1.33 bits per heavy atom. The molecule has 0 radical (unpaired) electrons. The molecule has 0 aromatic heterocycles. The first-order valence-corrected chi connectivity index (χ1v) is 7.73. The second-order valence-electron chi connectivity index (χ2n) is 6.25. The number of benzene rings is 1. The Morgan fingerprint density at radius 2 is 2.00 bits per heavy atom. The molecule has 3 N–H and O–H groups in total. The highest BCUT2D eigenvalue weighted by molar-refractivity contribution is 5.75. The summed E-state index contributed by atoms with van der Waals surface area (Å²) in [4.78, 5) is 12.2. The minimum Gasteiger partial charge on any atom is -0.394 e. The third kappa shape index (κ3) is 3.56. The topological polar surface area (TPSA) is 61.4 Å². The Balaban J connectivity index is 2.00. The Bertz CT molecular complexity index is 508. The van der Waals surface area contributed by atoms with Gasteiger partial charge in [-0.25, -0.2) is 4.79 Å². The lowest BCUT2D eigenvalue weighted by Gasteiger charge is -2.29. The average Bonchev–Trinajstić information content (AvgIpc) is 2.90. The third-order valence-corrected chi connectivity index (χ3v) is 4.70. The molecule has 1 aromatic rings. The van der Waals surface area contributed by atoms with Gasteiger partial charge in [-0.05, 0) is 50.3 Å². The highest BCUT2D eigenvalue weighted by atomic mass is 16.3. The van der Waals surface area contributed by atoms with E-state index >= 15 is 0 Å². The van der Waals surface area contributed by atoms with E-state index in [4.69, 9.17) is 0 Å². The molecule has 1 unspecified atom stereocenters. The number of hydrogen-bond acceptors (Lipinski definition) is 2. The van der Waals surface area contributed by atoms with Crippen LogP contribution in [0, 0.1) is 13.8 Å². The van der Waals surface area contributed by atoms with Crippen molar-refractivity contribution in [2.45, 2.75) is 58.0 Å². The van der Waals surface area contributed by atoms with Crippen molar-refractivity contribution < 1.29 is 9.90 Å². The molecule has 1 saturated carbocycles. The first-order valence-electron chi connectivity index (χ1n) is 7.73. The lowest BCUT2D eigenvalue weighted by Crippen LogP contribution is -2.53. The van der Waals surface area contributed by atoms with Gasteiger partial charge in [-0.2, -0.15) is 0 Å². The molecule has 2 amide bonds. The summed E-state index contributed by atoms with van der Waals surface area (Å²) in [5.74, 6) is 0. The number of aryl methyl sites for hydroxylation is 1. The van der Waals surface area contributed by atoms with Crippen LogP contribution >= 0.6 is 0 Å². The molecule has 0 heterocycles. The van der Waals surface area contributed by atoms with Crippen molar-refractivity contribution >= 4 is 6.03 Å². The molecule has 2 rings (SSSR count). The number of urea groups is 1. The molecule has 1 atom stereocenters. The second-order valence-corrected chi connectivity index (χ2v) is 6.25. The van der Waals surface area contributed by atoms with Crippen LogP contribution in [-0.4, -0.2) is 23.3 Å². The van der Waals surface area contributed by atoms with Crippen LogP contribution in [0.5, 0.6) is 0 Å². The van der Waals surface area contributed by atoms with Crippen molar-refractivity contribution in [3.8, 4) is 0 Å². The van der Waals surface area contributed by atoms with Crippen molar-refractivity contribution in [2.75, 3.05) is 6.61 Å². The standard InChI is InChI=1S/C17H26N2O2/c1-12-7-6-8-15(13(12)2)14(3)18-16(21)19-17(11-20)9-4-5-10-17/h6-8,14,20H,4-5,9-11H2,1-3H3,(H2,18,19,21). The fourth-order valence-corrected chi connectivity index (χ4v) is 3.17. The molecule has 1 aliphatic carbocycles. The number of aliphatic hydroxyl groups is 1. The van der Waals surface area contributed by atoms with E-state index in [-0.39, 0.29) is 18.7 Å². The molecule has 4 heteroatoms. The van der Waals surface area contributed by atoms with Crippen LogP contribution in [0.3, 0.4) is 0 Å². The van der Waals surface area contributed by atoms with Gasteiger partial charge in [0.25, 0.3) is 0 Å². The molecule has 1 fully saturated rings. The predicted octanol–water partition coefficient (Wildman–Crippen LogP) is 2.97. The lowest BCUT2D eigenvalue weighted by molar-refractivity contribution is 0.162. The van der Waals surface area contributed by atoms with Crippen LogP contribution in [0.25, 0.3) is 0 Å². The van der Waals surface area contributed by atoms with Gasteiger partial charge < -0.3 is 15.7 Å². The molecule has 1 aliphatic rings. The van der Waals surface area contributed by atoms with Gasteiger partial charge in [0.2, 0.25) is 0 Å². The zero-order valence-electron chi connectivity index (χ0n) is 13.2. The van der Waals surface area contributed by atoms with Gasteiger partial charge >= 0.3 is 6.03 Å². The van der Waals surface area contributed by atoms with Crippen LogP contribution in [0.2, 0.25) is 0 Å². The maximum absolute atomic E-state index is 12.2. The van der Waals surface area contributed by atoms with Crippen molar-refractivity contribution in [1.29, 1.82) is 0 Å². The smallest absolute Gasteiger partial charge is 0.315 e. The highest BCUT2D eigenvalue weighted by Crippen LogP contribution is 2.29. The van der Waals surface area contributed by atoms with Crippen LogP contribution < -0.4 is 10.6 Å². The number of nitrogens with one attached hydrogen (secondary N) is 2. The number of carbonyl (C=O) groups excluding carboxylic acids is 1. The Labute approximate surface area is 126 Å². The van der Waals surface area contributed by atoms with Gasteiger partial charge in [-0.1, -0.05) is 31.0 Å². The maximum atomic E-state index is 12.2. The van der Waals surface area contributed by atoms with Gasteiger partial charge in [0.15, 0.2) is 0 Å². The van der Waals surface area contributed by atoms with Gasteiger partial charge in [-0.3, -0.25) is 0 Å². The Morgan fingerprint density at radius 3 is 2.62 bits per heavy atom. The quantitative estimate of drug-likeness (QED) is 0.798. The predicted molar refractivity (Wildman–Crippen MR) is 84.3 cm³/mol. The second kappa shape index (κ2) is 6.48. The number of aliphatic hydroxyl groups excluding tert-OH is 1. The summed E-state index contributed by atoms with van der Waals surface area (Å²) in [6, 6.07) is 5.89. The lowest BCUT2D eigenvalue weighted by atomic mass is 9.98. The van der Waals surface area contributed by atoms with E-state index < -0.39 is 5.54 Å². The van der Waals surface area contributed by atoms with Gasteiger partial charge in [-0.15, -0.1) is 0 Å². The summed E-state index contributed by atoms with van der Waals surface area (Å²) in [7, 11) is 0. The van der Waals surface area contributed by atoms with Gasteiger partial charge in [0.05, 0.1) is 18.2 Å². The summed E-state index contributed by atoms with van der Waals surface area (Å²) in [6.07, 6.45) is 3.84. The minimum atomic E-state index is -0.425. The SMILES string of the molecule is Cc1cccc(C(C)NC(=O)NC2(CO)CCCC2)c1C. The Hall–Kier alpha value is -1.55. The van der Waals surface area contributed by atoms with Crippen molar-refractivity contribution in [2.24, 2.45) is 0 Å². The van der Waals surface area contributed by atoms with Crippen molar-refractivity contribution in [3.05, 3.63) is 34.9 Å². The van der Waals surface area contributed by atoms with E-state index in [2.05, 4.69) is 30.5 Å². The number of rotatable bonds is 4. The number of amides is 2. The number of carbonyl (C=O) groups is 1. The molecule has 0 spiro atoms. The summed E-state index contributed by atoms with van der Waals surface area (Å²) in [5, 5.41) is 15.5. The maximum Gasteiger partial charge on any atom is 0.315 e. The largest absolute Gasteiger partial charge is 0.394 e. The third-order valence-electron chi connectivity index (χ3n) is 4.70. The van der Waals surface area contributed by atoms with E-state index in [1.165, 1.54) is 11.1 Å². The Kier molecular flexibility index (Phi) is 4.88. The fourth-order valence-electron chi connectivity index (χ4n) is 3.17. The summed E-state index contributed by atoms with van der Waals surface area (Å²) >= 11 is 0. The molecule has 0 saturated heterocycles. The minimum absolute atomic E-state index is 0.0122. The van der Waals surface area contributed by atoms with Crippen LogP contribution in [-0.2, 0) is 0 Å².